The molecular weight excluding hydrogens is 451 g/mol. The number of hydrogen-bond donors (Lipinski definition) is 1. The number of halogens is 4. The maximum absolute atomic E-state index is 13.4. The van der Waals surface area contributed by atoms with E-state index in [0.717, 1.165) is 18.5 Å². The lowest BCUT2D eigenvalue weighted by atomic mass is 9.38. The van der Waals surface area contributed by atoms with Gasteiger partial charge in [-0.2, -0.15) is 0 Å². The number of alkyl halides is 2. The zero-order valence-electron chi connectivity index (χ0n) is 16.7. The monoisotopic (exact) mass is 469 g/mol. The molecule has 0 radical (unpaired) electrons. The van der Waals surface area contributed by atoms with Gasteiger partial charge < -0.3 is 14.8 Å². The van der Waals surface area contributed by atoms with E-state index in [1.165, 1.54) is 12.1 Å². The van der Waals surface area contributed by atoms with E-state index in [0.29, 0.717) is 25.7 Å². The number of Topliss-reactive ketones (excluding diaryl/α,β-unsaturated/α-hetero) is 1. The van der Waals surface area contributed by atoms with Crippen LogP contribution in [0.1, 0.15) is 37.8 Å². The van der Waals surface area contributed by atoms with Crippen molar-refractivity contribution in [3.05, 3.63) is 47.1 Å². The summed E-state index contributed by atoms with van der Waals surface area (Å²) in [6.45, 7) is -0.483. The lowest BCUT2D eigenvalue weighted by Gasteiger charge is -2.70. The van der Waals surface area contributed by atoms with Crippen molar-refractivity contribution in [1.29, 1.82) is 0 Å². The molecular formula is C21H19ClF3N3O4. The quantitative estimate of drug-likeness (QED) is 0.571. The molecule has 0 aliphatic heterocycles. The van der Waals surface area contributed by atoms with E-state index in [2.05, 4.69) is 15.3 Å². The molecule has 2 bridgehead atoms. The van der Waals surface area contributed by atoms with Crippen LogP contribution in [-0.4, -0.2) is 40.4 Å². The number of amides is 1. The Morgan fingerprint density at radius 1 is 1.12 bits per heavy atom. The topological polar surface area (TPSA) is 90.4 Å². The van der Waals surface area contributed by atoms with Gasteiger partial charge in [-0.25, -0.2) is 23.1 Å². The van der Waals surface area contributed by atoms with Crippen LogP contribution >= 0.6 is 11.6 Å². The summed E-state index contributed by atoms with van der Waals surface area (Å²) in [6, 6.07) is 3.93. The highest BCUT2D eigenvalue weighted by Crippen LogP contribution is 2.68. The first-order chi connectivity index (χ1) is 15.2. The van der Waals surface area contributed by atoms with Crippen molar-refractivity contribution in [2.24, 2.45) is 5.41 Å². The second-order valence-electron chi connectivity index (χ2n) is 8.31. The van der Waals surface area contributed by atoms with E-state index in [9.17, 15) is 22.8 Å². The van der Waals surface area contributed by atoms with Crippen LogP contribution in [0.15, 0.2) is 30.6 Å². The molecule has 7 nitrogen and oxygen atoms in total. The molecule has 0 spiro atoms. The Bertz CT molecular complexity index is 1020. The fourth-order valence-electron chi connectivity index (χ4n) is 4.50. The number of aromatic nitrogens is 2. The zero-order chi connectivity index (χ0) is 22.9. The first-order valence-electron chi connectivity index (χ1n) is 9.81. The molecule has 1 N–H and O–H groups in total. The number of nitrogens with one attached hydrogen (secondary N) is 1. The largest absolute Gasteiger partial charge is 0.484 e. The van der Waals surface area contributed by atoms with Crippen LogP contribution in [0.5, 0.6) is 11.6 Å². The minimum absolute atomic E-state index is 0.00430. The molecule has 3 fully saturated rings. The lowest BCUT2D eigenvalue weighted by molar-refractivity contribution is -0.173. The molecule has 3 aliphatic carbocycles. The standard InChI is InChI=1S/C21H19ClF3N3O4/c22-14-2-1-13(3-15(14)23)31-8-17(30)28-21-9-20(10-21,11-21)4-12(29)7-32-18-6-26-16(5-27-18)19(24)25/h1-3,5-6,19H,4,7-11H2,(H,28,30). The predicted molar refractivity (Wildman–Crippen MR) is 106 cm³/mol. The number of nitrogens with zero attached hydrogens (tertiary/aromatic N) is 2. The molecule has 0 saturated heterocycles. The van der Waals surface area contributed by atoms with Crippen LogP contribution in [-0.2, 0) is 9.59 Å². The summed E-state index contributed by atoms with van der Waals surface area (Å²) in [5, 5.41) is 2.89. The third-order valence-electron chi connectivity index (χ3n) is 5.63. The second-order valence-corrected chi connectivity index (χ2v) is 8.71. The Hall–Kier alpha value is -2.88. The van der Waals surface area contributed by atoms with Gasteiger partial charge in [-0.1, -0.05) is 11.6 Å². The van der Waals surface area contributed by atoms with Gasteiger partial charge in [-0.15, -0.1) is 0 Å². The summed E-state index contributed by atoms with van der Waals surface area (Å²) in [4.78, 5) is 31.6. The normalized spacial score (nSPS) is 23.2. The van der Waals surface area contributed by atoms with Crippen molar-refractivity contribution in [2.75, 3.05) is 13.2 Å². The Morgan fingerprint density at radius 3 is 2.50 bits per heavy atom. The molecule has 1 amide bonds. The van der Waals surface area contributed by atoms with Crippen molar-refractivity contribution in [1.82, 2.24) is 15.3 Å². The summed E-state index contributed by atoms with van der Waals surface area (Å²) in [7, 11) is 0. The van der Waals surface area contributed by atoms with Crippen molar-refractivity contribution < 1.29 is 32.2 Å². The number of benzene rings is 1. The minimum Gasteiger partial charge on any atom is -0.484 e. The Balaban J connectivity index is 1.16. The fourth-order valence-corrected chi connectivity index (χ4v) is 4.62. The minimum atomic E-state index is -2.72. The van der Waals surface area contributed by atoms with Gasteiger partial charge in [0.15, 0.2) is 12.4 Å². The summed E-state index contributed by atoms with van der Waals surface area (Å²) in [6.07, 6.45) is 1.57. The van der Waals surface area contributed by atoms with Crippen LogP contribution in [0.25, 0.3) is 0 Å². The van der Waals surface area contributed by atoms with E-state index in [1.807, 2.05) is 0 Å². The maximum Gasteiger partial charge on any atom is 0.281 e. The number of ether oxygens (including phenoxy) is 2. The van der Waals surface area contributed by atoms with Crippen molar-refractivity contribution >= 4 is 23.3 Å². The number of rotatable bonds is 10. The molecule has 1 aromatic heterocycles. The van der Waals surface area contributed by atoms with Crippen molar-refractivity contribution in [3.8, 4) is 11.6 Å². The van der Waals surface area contributed by atoms with Gasteiger partial charge in [0.05, 0.1) is 17.4 Å². The SMILES string of the molecule is O=C(COc1cnc(C(F)F)cn1)CC12CC(NC(=O)COc3ccc(Cl)c(F)c3)(C1)C2. The number of hydrogen-bond acceptors (Lipinski definition) is 6. The summed E-state index contributed by atoms with van der Waals surface area (Å²) in [5.74, 6) is -0.886. The van der Waals surface area contributed by atoms with Gasteiger partial charge in [-0.3, -0.25) is 9.59 Å². The highest BCUT2D eigenvalue weighted by atomic mass is 35.5. The summed E-state index contributed by atoms with van der Waals surface area (Å²) >= 11 is 5.61. The third kappa shape index (κ3) is 4.79. The highest BCUT2D eigenvalue weighted by molar-refractivity contribution is 6.30. The Kier molecular flexibility index (Phi) is 5.98. The maximum atomic E-state index is 13.4. The van der Waals surface area contributed by atoms with E-state index in [4.69, 9.17) is 21.1 Å². The third-order valence-corrected chi connectivity index (χ3v) is 5.94. The molecule has 5 rings (SSSR count). The van der Waals surface area contributed by atoms with Crippen LogP contribution in [0.3, 0.4) is 0 Å². The van der Waals surface area contributed by atoms with Gasteiger partial charge in [0, 0.05) is 18.0 Å². The first-order valence-corrected chi connectivity index (χ1v) is 10.2. The molecule has 11 heteroatoms. The van der Waals surface area contributed by atoms with Gasteiger partial charge in [0.25, 0.3) is 12.3 Å². The second kappa shape index (κ2) is 8.57. The summed E-state index contributed by atoms with van der Waals surface area (Å²) < 4.78 is 48.8. The highest BCUT2D eigenvalue weighted by Gasteiger charge is 2.68. The Morgan fingerprint density at radius 2 is 1.88 bits per heavy atom. The van der Waals surface area contributed by atoms with Crippen LogP contribution in [0, 0.1) is 11.2 Å². The van der Waals surface area contributed by atoms with Gasteiger partial charge in [0.1, 0.15) is 23.9 Å². The molecule has 2 aromatic rings. The molecule has 170 valence electrons. The summed E-state index contributed by atoms with van der Waals surface area (Å²) in [5.41, 5.74) is -0.946. The molecule has 0 atom stereocenters. The molecule has 32 heavy (non-hydrogen) atoms. The number of ketones is 1. The Labute approximate surface area is 186 Å². The van der Waals surface area contributed by atoms with E-state index >= 15 is 0 Å². The van der Waals surface area contributed by atoms with Gasteiger partial charge >= 0.3 is 0 Å². The molecule has 1 aromatic carbocycles. The van der Waals surface area contributed by atoms with E-state index in [1.54, 1.807) is 0 Å². The van der Waals surface area contributed by atoms with Crippen LogP contribution in [0.4, 0.5) is 13.2 Å². The molecule has 3 saturated carbocycles. The van der Waals surface area contributed by atoms with Gasteiger partial charge in [-0.05, 0) is 36.8 Å². The zero-order valence-corrected chi connectivity index (χ0v) is 17.5. The molecule has 3 aliphatic rings. The van der Waals surface area contributed by atoms with Crippen molar-refractivity contribution in [3.63, 3.8) is 0 Å². The smallest absolute Gasteiger partial charge is 0.281 e. The first kappa shape index (κ1) is 22.3. The average molecular weight is 470 g/mol. The van der Waals surface area contributed by atoms with Crippen molar-refractivity contribution in [2.45, 2.75) is 37.6 Å². The fraction of sp³-hybridized carbons (Fsp3) is 0.429. The van der Waals surface area contributed by atoms with Gasteiger partial charge in [0.2, 0.25) is 5.88 Å². The average Bonchev–Trinajstić information content (AvgIpc) is 2.71. The number of carbonyl (C=O) groups is 2. The molecule has 1 heterocycles. The lowest BCUT2D eigenvalue weighted by Crippen LogP contribution is -2.75. The predicted octanol–water partition coefficient (Wildman–Crippen LogP) is 3.66. The van der Waals surface area contributed by atoms with Crippen LogP contribution < -0.4 is 14.8 Å². The number of carbonyl (C=O) groups excluding carboxylic acids is 2. The molecule has 0 unspecified atom stereocenters. The van der Waals surface area contributed by atoms with Crippen LogP contribution in [0.2, 0.25) is 5.02 Å². The van der Waals surface area contributed by atoms with E-state index < -0.39 is 17.9 Å². The van der Waals surface area contributed by atoms with E-state index in [-0.39, 0.29) is 52.5 Å².